The third-order valence-corrected chi connectivity index (χ3v) is 13.6. The number of carboxylic acid groups (broad SMARTS) is 1. The van der Waals surface area contributed by atoms with Crippen LogP contribution in [0, 0.1) is 28.6 Å². The average Bonchev–Trinajstić information content (AvgIpc) is 3.33. The maximum absolute atomic E-state index is 12.9. The molecule has 0 bridgehead atoms. The van der Waals surface area contributed by atoms with Gasteiger partial charge in [0.2, 0.25) is 5.91 Å². The lowest BCUT2D eigenvalue weighted by Crippen LogP contribution is -2.62. The number of fused-ring (bicyclic) bond motifs is 5. The van der Waals surface area contributed by atoms with Crippen molar-refractivity contribution >= 4 is 29.8 Å². The van der Waals surface area contributed by atoms with E-state index in [4.69, 9.17) is 25.4 Å². The number of carboxylic acids is 1. The van der Waals surface area contributed by atoms with Crippen LogP contribution < -0.4 is 22.4 Å². The Kier molecular flexibility index (Phi) is 13.2. The standard InChI is InChI=1S/C40H60N4O10/c1-24(45)53-31-22-40(51)29-14-13-26-21-27(16-18-38(26,2)28(29)17-19-39(40,3)35(31)25-12-15-33(47)52-23-25)54-34(48)11-7-5-4-6-10-32(46)44-30(36(49)50)9-8-20-43-37(41)42/h12,15,23,26-31,35,51H,4-11,13-14,16-22H2,1-3H3,(H,44,46)(H,49,50)(H4,41,42,43). The van der Waals surface area contributed by atoms with E-state index in [0.29, 0.717) is 44.6 Å². The summed E-state index contributed by atoms with van der Waals surface area (Å²) in [4.78, 5) is 64.5. The quantitative estimate of drug-likeness (QED) is 0.0688. The number of amides is 1. The molecule has 4 fully saturated rings. The van der Waals surface area contributed by atoms with Gasteiger partial charge < -0.3 is 40.9 Å². The van der Waals surface area contributed by atoms with Gasteiger partial charge in [0.25, 0.3) is 0 Å². The van der Waals surface area contributed by atoms with Gasteiger partial charge in [0.15, 0.2) is 5.96 Å². The predicted molar refractivity (Wildman–Crippen MR) is 199 cm³/mol. The minimum absolute atomic E-state index is 0.0121. The number of carbonyl (C=O) groups excluding carboxylic acids is 3. The summed E-state index contributed by atoms with van der Waals surface area (Å²) >= 11 is 0. The normalized spacial score (nSPS) is 33.3. The van der Waals surface area contributed by atoms with E-state index in [1.165, 1.54) is 19.3 Å². The summed E-state index contributed by atoms with van der Waals surface area (Å²) in [5.41, 5.74) is 9.24. The van der Waals surface area contributed by atoms with Gasteiger partial charge in [0.05, 0.1) is 11.9 Å². The Bertz CT molecular complexity index is 1590. The molecule has 0 aliphatic heterocycles. The molecular formula is C40H60N4O10. The number of rotatable bonds is 16. The summed E-state index contributed by atoms with van der Waals surface area (Å²) < 4.78 is 17.1. The van der Waals surface area contributed by atoms with E-state index in [9.17, 15) is 34.2 Å². The molecule has 1 aromatic heterocycles. The lowest BCUT2D eigenvalue weighted by atomic mass is 9.43. The number of aliphatic carboxylic acids is 1. The van der Waals surface area contributed by atoms with Crippen molar-refractivity contribution in [3.05, 3.63) is 34.4 Å². The monoisotopic (exact) mass is 756 g/mol. The van der Waals surface area contributed by atoms with Crippen LogP contribution >= 0.6 is 0 Å². The summed E-state index contributed by atoms with van der Waals surface area (Å²) in [6, 6.07) is 2.13. The Morgan fingerprint density at radius 2 is 1.72 bits per heavy atom. The van der Waals surface area contributed by atoms with Crippen molar-refractivity contribution in [2.24, 2.45) is 45.0 Å². The number of nitrogens with two attached hydrogens (primary N) is 2. The molecule has 5 rings (SSSR count). The van der Waals surface area contributed by atoms with E-state index in [-0.39, 0.29) is 60.0 Å². The molecule has 1 heterocycles. The first-order chi connectivity index (χ1) is 25.6. The molecule has 0 spiro atoms. The zero-order valence-electron chi connectivity index (χ0n) is 32.1. The molecule has 0 saturated heterocycles. The highest BCUT2D eigenvalue weighted by Gasteiger charge is 2.70. The fraction of sp³-hybridized carbons (Fsp3) is 0.750. The van der Waals surface area contributed by atoms with Crippen molar-refractivity contribution in [1.29, 1.82) is 0 Å². The third kappa shape index (κ3) is 8.95. The van der Waals surface area contributed by atoms with E-state index < -0.39 is 40.7 Å². The van der Waals surface area contributed by atoms with Crippen LogP contribution in [0.3, 0.4) is 0 Å². The van der Waals surface area contributed by atoms with Crippen LogP contribution in [-0.4, -0.2) is 70.4 Å². The molecule has 7 N–H and O–H groups in total. The lowest BCUT2D eigenvalue weighted by molar-refractivity contribution is -0.207. The van der Waals surface area contributed by atoms with Crippen molar-refractivity contribution in [1.82, 2.24) is 5.32 Å². The Hall–Kier alpha value is -3.94. The minimum Gasteiger partial charge on any atom is -0.480 e. The van der Waals surface area contributed by atoms with Crippen molar-refractivity contribution < 1.29 is 43.3 Å². The van der Waals surface area contributed by atoms with Crippen LogP contribution in [0.2, 0.25) is 0 Å². The third-order valence-electron chi connectivity index (χ3n) is 13.6. The molecule has 10 unspecified atom stereocenters. The van der Waals surface area contributed by atoms with Gasteiger partial charge in [0, 0.05) is 50.1 Å². The molecule has 54 heavy (non-hydrogen) atoms. The van der Waals surface area contributed by atoms with Gasteiger partial charge >= 0.3 is 23.5 Å². The van der Waals surface area contributed by atoms with Gasteiger partial charge in [-0.25, -0.2) is 9.59 Å². The second-order valence-electron chi connectivity index (χ2n) is 16.8. The number of esters is 2. The number of hydrogen-bond acceptors (Lipinski definition) is 10. The Labute approximate surface area is 317 Å². The first kappa shape index (κ1) is 41.2. The number of aliphatic hydroxyl groups is 1. The van der Waals surface area contributed by atoms with Gasteiger partial charge in [-0.05, 0) is 105 Å². The van der Waals surface area contributed by atoms with Crippen LogP contribution in [-0.2, 0) is 28.7 Å². The van der Waals surface area contributed by atoms with Crippen molar-refractivity contribution in [2.75, 3.05) is 6.54 Å². The number of aliphatic imine (C=N–C) groups is 1. The molecule has 14 nitrogen and oxygen atoms in total. The summed E-state index contributed by atoms with van der Waals surface area (Å²) in [7, 11) is 0. The first-order valence-electron chi connectivity index (χ1n) is 19.8. The highest BCUT2D eigenvalue weighted by Crippen LogP contribution is 2.71. The fourth-order valence-corrected chi connectivity index (χ4v) is 10.9. The highest BCUT2D eigenvalue weighted by molar-refractivity contribution is 5.83. The molecule has 4 saturated carbocycles. The maximum atomic E-state index is 12.9. The molecule has 0 aromatic carbocycles. The second kappa shape index (κ2) is 17.2. The van der Waals surface area contributed by atoms with E-state index >= 15 is 0 Å². The van der Waals surface area contributed by atoms with Crippen LogP contribution in [0.15, 0.2) is 32.6 Å². The van der Waals surface area contributed by atoms with Crippen LogP contribution in [0.25, 0.3) is 0 Å². The molecular weight excluding hydrogens is 696 g/mol. The van der Waals surface area contributed by atoms with Gasteiger partial charge in [-0.3, -0.25) is 19.4 Å². The van der Waals surface area contributed by atoms with Gasteiger partial charge in [-0.1, -0.05) is 26.7 Å². The summed E-state index contributed by atoms with van der Waals surface area (Å²) in [5, 5.41) is 24.7. The van der Waals surface area contributed by atoms with Crippen LogP contribution in [0.1, 0.15) is 135 Å². The second-order valence-corrected chi connectivity index (χ2v) is 16.8. The molecule has 14 heteroatoms. The van der Waals surface area contributed by atoms with Crippen molar-refractivity contribution in [3.8, 4) is 0 Å². The van der Waals surface area contributed by atoms with E-state index in [1.54, 1.807) is 6.07 Å². The predicted octanol–water partition coefficient (Wildman–Crippen LogP) is 4.30. The van der Waals surface area contributed by atoms with Gasteiger partial charge in [0.1, 0.15) is 18.2 Å². The summed E-state index contributed by atoms with van der Waals surface area (Å²) in [6.45, 7) is 6.16. The summed E-state index contributed by atoms with van der Waals surface area (Å²) in [6.07, 6.45) is 11.0. The fourth-order valence-electron chi connectivity index (χ4n) is 10.9. The van der Waals surface area contributed by atoms with Crippen LogP contribution in [0.5, 0.6) is 0 Å². The zero-order valence-corrected chi connectivity index (χ0v) is 32.1. The van der Waals surface area contributed by atoms with Crippen molar-refractivity contribution in [2.45, 2.75) is 153 Å². The smallest absolute Gasteiger partial charge is 0.335 e. The average molecular weight is 757 g/mol. The Morgan fingerprint density at radius 1 is 0.981 bits per heavy atom. The zero-order chi connectivity index (χ0) is 39.3. The van der Waals surface area contributed by atoms with Crippen LogP contribution in [0.4, 0.5) is 0 Å². The number of unbranched alkanes of at least 4 members (excludes halogenated alkanes) is 3. The number of nitrogens with one attached hydrogen (secondary N) is 1. The van der Waals surface area contributed by atoms with E-state index in [1.807, 2.05) is 0 Å². The maximum Gasteiger partial charge on any atom is 0.335 e. The minimum atomic E-state index is -1.10. The summed E-state index contributed by atoms with van der Waals surface area (Å²) in [5.74, 6) is -1.69. The molecule has 1 aromatic rings. The number of nitrogens with zero attached hydrogens (tertiary/aromatic N) is 1. The Morgan fingerprint density at radius 3 is 2.39 bits per heavy atom. The van der Waals surface area contributed by atoms with Gasteiger partial charge in [-0.2, -0.15) is 0 Å². The number of hydrogen-bond donors (Lipinski definition) is 5. The molecule has 4 aliphatic rings. The van der Waals surface area contributed by atoms with Gasteiger partial charge in [-0.15, -0.1) is 0 Å². The molecule has 0 radical (unpaired) electrons. The first-order valence-corrected chi connectivity index (χ1v) is 19.8. The topological polar surface area (TPSA) is 234 Å². The molecule has 300 valence electrons. The molecule has 10 atom stereocenters. The van der Waals surface area contributed by atoms with E-state index in [0.717, 1.165) is 63.4 Å². The largest absolute Gasteiger partial charge is 0.480 e. The van der Waals surface area contributed by atoms with E-state index in [2.05, 4.69) is 24.2 Å². The lowest BCUT2D eigenvalue weighted by Gasteiger charge is -2.63. The number of guanidine groups is 1. The number of ether oxygens (including phenoxy) is 2. The molecule has 1 amide bonds. The van der Waals surface area contributed by atoms with Crippen molar-refractivity contribution in [3.63, 3.8) is 0 Å². The highest BCUT2D eigenvalue weighted by atomic mass is 16.5. The number of carbonyl (C=O) groups is 4. The Balaban J connectivity index is 1.07. The molecule has 4 aliphatic carbocycles. The SMILES string of the molecule is CC(=O)OC1CC2(O)C3CCC4CC(OC(=O)CCCCCCC(=O)NC(CCCN=C(N)N)C(=O)O)CCC4(C)C3CCC2(C)C1c1ccc(=O)oc1.